The van der Waals surface area contributed by atoms with E-state index in [1.165, 1.54) is 18.1 Å². The van der Waals surface area contributed by atoms with Gasteiger partial charge in [0.1, 0.15) is 6.29 Å². The maximum atomic E-state index is 13.0. The van der Waals surface area contributed by atoms with Gasteiger partial charge in [0, 0.05) is 33.5 Å². The summed E-state index contributed by atoms with van der Waals surface area (Å²) in [4.78, 5) is 74.4. The largest absolute Gasteiger partial charge is 0.379 e. The Morgan fingerprint density at radius 1 is 0.778 bits per heavy atom. The summed E-state index contributed by atoms with van der Waals surface area (Å²) in [6, 6.07) is -0.330. The summed E-state index contributed by atoms with van der Waals surface area (Å²) in [5.74, 6) is -1.27. The Labute approximate surface area is 321 Å². The Balaban J connectivity index is 3.89. The molecule has 0 aliphatic rings. The predicted octanol–water partition coefficient (Wildman–Crippen LogP) is 0.773. The minimum absolute atomic E-state index is 0.0723. The molecule has 0 aliphatic carbocycles. The van der Waals surface area contributed by atoms with Crippen molar-refractivity contribution in [2.75, 3.05) is 113 Å². The van der Waals surface area contributed by atoms with E-state index >= 15 is 0 Å². The van der Waals surface area contributed by atoms with Crippen LogP contribution in [0.25, 0.3) is 0 Å². The average molecular weight is 775 g/mol. The van der Waals surface area contributed by atoms with E-state index in [9.17, 15) is 28.8 Å². The number of hydrogen-bond acceptors (Lipinski definition) is 13. The van der Waals surface area contributed by atoms with Gasteiger partial charge in [-0.15, -0.1) is 0 Å². The lowest BCUT2D eigenvalue weighted by Crippen LogP contribution is -2.53. The van der Waals surface area contributed by atoms with Crippen LogP contribution in [0.15, 0.2) is 12.2 Å². The molecule has 0 radical (unpaired) electrons. The molecule has 2 N–H and O–H groups in total. The number of rotatable bonds is 35. The molecule has 0 saturated heterocycles. The summed E-state index contributed by atoms with van der Waals surface area (Å²) in [6.07, 6.45) is 4.74. The Morgan fingerprint density at radius 2 is 1.28 bits per heavy atom. The molecule has 312 valence electrons. The van der Waals surface area contributed by atoms with Crippen molar-refractivity contribution in [3.63, 3.8) is 0 Å². The van der Waals surface area contributed by atoms with Crippen LogP contribution in [0, 0.1) is 11.3 Å². The fourth-order valence-corrected chi connectivity index (χ4v) is 4.87. The molecule has 0 spiro atoms. The van der Waals surface area contributed by atoms with Gasteiger partial charge in [-0.3, -0.25) is 28.9 Å². The number of methoxy groups -OCH3 is 1. The summed E-state index contributed by atoms with van der Waals surface area (Å²) < 4.78 is 38.1. The minimum Gasteiger partial charge on any atom is -0.379 e. The molecule has 0 aromatic heterocycles. The summed E-state index contributed by atoms with van der Waals surface area (Å²) in [5.41, 5.74) is -0.967. The quantitative estimate of drug-likeness (QED) is 0.0521. The number of allylic oxidation sites excluding steroid dienone is 1. The van der Waals surface area contributed by atoms with Crippen molar-refractivity contribution in [3.05, 3.63) is 12.2 Å². The van der Waals surface area contributed by atoms with Crippen molar-refractivity contribution in [2.45, 2.75) is 66.0 Å². The molecule has 3 unspecified atom stereocenters. The van der Waals surface area contributed by atoms with Crippen LogP contribution in [0.5, 0.6) is 0 Å². The highest BCUT2D eigenvalue weighted by Crippen LogP contribution is 2.21. The van der Waals surface area contributed by atoms with Crippen LogP contribution >= 0.6 is 0 Å². The van der Waals surface area contributed by atoms with Crippen molar-refractivity contribution in [2.24, 2.45) is 11.3 Å². The van der Waals surface area contributed by atoms with Gasteiger partial charge in [0.05, 0.1) is 110 Å². The molecule has 0 aromatic rings. The molecule has 3 atom stereocenters. The Morgan fingerprint density at radius 3 is 1.72 bits per heavy atom. The Bertz CT molecular complexity index is 1090. The zero-order chi connectivity index (χ0) is 40.6. The second kappa shape index (κ2) is 32.0. The van der Waals surface area contributed by atoms with Crippen LogP contribution in [0.1, 0.15) is 53.9 Å². The molecule has 5 amide bonds. The lowest BCUT2D eigenvalue weighted by Gasteiger charge is -2.37. The van der Waals surface area contributed by atoms with E-state index in [0.717, 1.165) is 17.6 Å². The first-order valence-corrected chi connectivity index (χ1v) is 18.5. The van der Waals surface area contributed by atoms with Crippen molar-refractivity contribution in [1.82, 2.24) is 20.4 Å². The zero-order valence-corrected chi connectivity index (χ0v) is 33.5. The van der Waals surface area contributed by atoms with Crippen LogP contribution < -0.4 is 10.6 Å². The number of nitrogens with zero attached hydrogens (tertiary/aromatic N) is 2. The summed E-state index contributed by atoms with van der Waals surface area (Å²) in [6.45, 7) is 13.2. The van der Waals surface area contributed by atoms with E-state index in [1.54, 1.807) is 33.9 Å². The fraction of sp³-hybridized carbons (Fsp3) is 0.784. The highest BCUT2D eigenvalue weighted by Gasteiger charge is 2.33. The van der Waals surface area contributed by atoms with Gasteiger partial charge < -0.3 is 53.5 Å². The second-order valence-corrected chi connectivity index (χ2v) is 13.0. The number of nitrogens with one attached hydrogen (secondary N) is 2. The molecule has 0 heterocycles. The standard InChI is InChI=1S/C37H66N4O13/c1-8-10-33(45)41(29-43)13-16-50-18-20-52-22-24-54-26-25-53-23-21-51-19-17-49-15-12-32(44)39-28-37(4,5)36(47)38-27-34(46)40(6)35(30(3)9-2)31(48-7)11-14-42/h8,10,14,29-31,35H,9,11-13,15-28H2,1-7H3,(H,38,47)(H,39,44)/b10-8-. The number of carbonyl (C=O) groups excluding carboxylic acids is 6. The number of hydrogen-bond donors (Lipinski definition) is 2. The van der Waals surface area contributed by atoms with E-state index in [0.29, 0.717) is 72.5 Å². The van der Waals surface area contributed by atoms with Crippen LogP contribution in [0.3, 0.4) is 0 Å². The maximum absolute atomic E-state index is 13.0. The van der Waals surface area contributed by atoms with Gasteiger partial charge in [0.25, 0.3) is 5.91 Å². The van der Waals surface area contributed by atoms with Gasteiger partial charge in [-0.05, 0) is 32.8 Å². The average Bonchev–Trinajstić information content (AvgIpc) is 3.16. The van der Waals surface area contributed by atoms with Crippen LogP contribution in [0.4, 0.5) is 0 Å². The van der Waals surface area contributed by atoms with Crippen molar-refractivity contribution in [1.29, 1.82) is 0 Å². The van der Waals surface area contributed by atoms with E-state index in [-0.39, 0.29) is 81.3 Å². The molecule has 0 aromatic carbocycles. The van der Waals surface area contributed by atoms with Gasteiger partial charge in [0.2, 0.25) is 24.1 Å². The monoisotopic (exact) mass is 774 g/mol. The van der Waals surface area contributed by atoms with Crippen LogP contribution in [0.2, 0.25) is 0 Å². The Kier molecular flexibility index (Phi) is 30.0. The topological polar surface area (TPSA) is 198 Å². The zero-order valence-electron chi connectivity index (χ0n) is 33.5. The van der Waals surface area contributed by atoms with Gasteiger partial charge >= 0.3 is 0 Å². The van der Waals surface area contributed by atoms with Crippen LogP contribution in [-0.2, 0) is 61.9 Å². The molecule has 17 nitrogen and oxygen atoms in total. The summed E-state index contributed by atoms with van der Waals surface area (Å²) in [5, 5.41) is 5.42. The molecular formula is C37H66N4O13. The third kappa shape index (κ3) is 23.5. The molecule has 0 fully saturated rings. The number of aldehydes is 1. The number of ether oxygens (including phenoxy) is 7. The highest BCUT2D eigenvalue weighted by atomic mass is 16.6. The smallest absolute Gasteiger partial charge is 0.252 e. The Hall–Kier alpha value is -3.32. The number of likely N-dealkylation sites (N-methyl/N-ethyl adjacent to an activating group) is 1. The third-order valence-electron chi connectivity index (χ3n) is 8.35. The molecule has 0 saturated carbocycles. The van der Waals surface area contributed by atoms with E-state index < -0.39 is 11.5 Å². The lowest BCUT2D eigenvalue weighted by atomic mass is 9.91. The van der Waals surface area contributed by atoms with E-state index in [1.807, 2.05) is 13.8 Å². The fourth-order valence-electron chi connectivity index (χ4n) is 4.87. The van der Waals surface area contributed by atoms with Gasteiger partial charge in [0.15, 0.2) is 0 Å². The molecular weight excluding hydrogens is 708 g/mol. The van der Waals surface area contributed by atoms with Crippen molar-refractivity contribution < 1.29 is 61.9 Å². The first kappa shape index (κ1) is 50.7. The summed E-state index contributed by atoms with van der Waals surface area (Å²) >= 11 is 0. The van der Waals surface area contributed by atoms with Crippen molar-refractivity contribution >= 4 is 36.3 Å². The van der Waals surface area contributed by atoms with E-state index in [4.69, 9.17) is 33.2 Å². The van der Waals surface area contributed by atoms with Gasteiger partial charge in [-0.25, -0.2) is 0 Å². The number of imide groups is 1. The molecule has 0 bridgehead atoms. The van der Waals surface area contributed by atoms with Gasteiger partial charge in [-0.1, -0.05) is 26.3 Å². The molecule has 54 heavy (non-hydrogen) atoms. The number of amides is 5. The molecule has 17 heteroatoms. The first-order valence-electron chi connectivity index (χ1n) is 18.5. The third-order valence-corrected chi connectivity index (χ3v) is 8.35. The normalized spacial score (nSPS) is 13.2. The van der Waals surface area contributed by atoms with Crippen LogP contribution in [-0.4, -0.2) is 171 Å². The maximum Gasteiger partial charge on any atom is 0.252 e. The number of carbonyl (C=O) groups is 6. The van der Waals surface area contributed by atoms with E-state index in [2.05, 4.69) is 10.6 Å². The minimum atomic E-state index is -0.967. The SMILES string of the molecule is C/C=C\C(=O)N(C=O)CCOCCOCCOCCOCCOCCOCCC(=O)NCC(C)(C)C(=O)NCC(=O)N(C)C(C(C)CC)C(CC=O)OC. The predicted molar refractivity (Wildman–Crippen MR) is 199 cm³/mol. The highest BCUT2D eigenvalue weighted by molar-refractivity contribution is 5.94. The second-order valence-electron chi connectivity index (χ2n) is 13.0. The molecule has 0 rings (SSSR count). The van der Waals surface area contributed by atoms with Crippen molar-refractivity contribution in [3.8, 4) is 0 Å². The van der Waals surface area contributed by atoms with Gasteiger partial charge in [-0.2, -0.15) is 0 Å². The summed E-state index contributed by atoms with van der Waals surface area (Å²) in [7, 11) is 3.16. The first-order chi connectivity index (χ1) is 25.9. The lowest BCUT2D eigenvalue weighted by molar-refractivity contribution is -0.139. The molecule has 0 aliphatic heterocycles.